The molecule has 0 amide bonds. The molecule has 0 aliphatic rings. The molecule has 2 atom stereocenters. The van der Waals surface area contributed by atoms with Crippen molar-refractivity contribution in [2.75, 3.05) is 5.73 Å². The number of hydrogen-bond donors (Lipinski definition) is 2. The van der Waals surface area contributed by atoms with Crippen molar-refractivity contribution in [2.24, 2.45) is 5.14 Å². The number of benzene rings is 1. The lowest BCUT2D eigenvalue weighted by atomic mass is 9.86. The molecular weight excluding hydrogens is 308 g/mol. The minimum absolute atomic E-state index is 0.158. The Labute approximate surface area is 140 Å². The quantitative estimate of drug-likeness (QED) is 0.850. The molecule has 0 aliphatic heterocycles. The van der Waals surface area contributed by atoms with E-state index in [0.29, 0.717) is 12.2 Å². The Kier molecular flexibility index (Phi) is 5.49. The molecule has 5 nitrogen and oxygen atoms in total. The molecule has 0 spiro atoms. The topological polar surface area (TPSA) is 94.9 Å². The molecule has 0 aliphatic carbocycles. The number of nitrogen functional groups attached to an aromatic ring is 1. The van der Waals surface area contributed by atoms with E-state index in [1.165, 1.54) is 0 Å². The van der Waals surface area contributed by atoms with E-state index in [2.05, 4.69) is 17.1 Å². The summed E-state index contributed by atoms with van der Waals surface area (Å²) in [5.41, 5.74) is 8.72. The van der Waals surface area contributed by atoms with Crippen LogP contribution in [0.15, 0.2) is 36.4 Å². The predicted molar refractivity (Wildman–Crippen MR) is 95.9 cm³/mol. The van der Waals surface area contributed by atoms with Crippen LogP contribution < -0.4 is 10.9 Å². The molecule has 23 heavy (non-hydrogen) atoms. The highest BCUT2D eigenvalue weighted by Gasteiger charge is 2.29. The first-order chi connectivity index (χ1) is 10.8. The zero-order valence-electron chi connectivity index (χ0n) is 13.8. The van der Waals surface area contributed by atoms with Gasteiger partial charge in [-0.05, 0) is 44.2 Å². The van der Waals surface area contributed by atoms with Crippen LogP contribution in [0.3, 0.4) is 0 Å². The summed E-state index contributed by atoms with van der Waals surface area (Å²) < 4.78 is 11.3. The summed E-state index contributed by atoms with van der Waals surface area (Å²) in [4.78, 5) is 0. The average molecular weight is 332 g/mol. The fraction of sp³-hybridized carbons (Fsp3) is 0.412. The number of hydrogen-bond acceptors (Lipinski definition) is 4. The molecule has 2 aromatic rings. The highest BCUT2D eigenvalue weighted by Crippen LogP contribution is 2.36. The molecule has 1 heterocycles. The molecule has 124 valence electrons. The monoisotopic (exact) mass is 332 g/mol. The highest BCUT2D eigenvalue weighted by molar-refractivity contribution is 7.84. The van der Waals surface area contributed by atoms with Crippen LogP contribution >= 0.6 is 0 Å². The Morgan fingerprint density at radius 1 is 1.22 bits per heavy atom. The van der Waals surface area contributed by atoms with Crippen LogP contribution in [0.25, 0.3) is 11.3 Å². The molecule has 0 radical (unpaired) electrons. The summed E-state index contributed by atoms with van der Waals surface area (Å²) >= 11 is 0. The van der Waals surface area contributed by atoms with Crippen molar-refractivity contribution < 1.29 is 4.21 Å². The Morgan fingerprint density at radius 3 is 2.43 bits per heavy atom. The van der Waals surface area contributed by atoms with E-state index >= 15 is 0 Å². The van der Waals surface area contributed by atoms with E-state index in [9.17, 15) is 4.21 Å². The van der Waals surface area contributed by atoms with Crippen LogP contribution in [0.1, 0.15) is 45.1 Å². The fourth-order valence-corrected chi connectivity index (χ4v) is 3.07. The summed E-state index contributed by atoms with van der Waals surface area (Å²) in [6, 6.07) is 11.8. The summed E-state index contributed by atoms with van der Waals surface area (Å²) in [6.45, 7) is 5.95. The molecular formula is C17H24N4OS. The maximum atomic E-state index is 11.8. The van der Waals surface area contributed by atoms with Crippen LogP contribution in [-0.2, 0) is 11.0 Å². The van der Waals surface area contributed by atoms with Gasteiger partial charge < -0.3 is 5.73 Å². The van der Waals surface area contributed by atoms with E-state index in [0.717, 1.165) is 23.2 Å². The summed E-state index contributed by atoms with van der Waals surface area (Å²) in [5, 5.41) is 14.0. The zero-order chi connectivity index (χ0) is 17.0. The number of rotatable bonds is 6. The lowest BCUT2D eigenvalue weighted by Crippen LogP contribution is -2.33. The third-order valence-electron chi connectivity index (χ3n) is 4.10. The highest BCUT2D eigenvalue weighted by atomic mass is 32.2. The van der Waals surface area contributed by atoms with Gasteiger partial charge in [-0.3, -0.25) is 5.14 Å². The molecule has 0 bridgehead atoms. The van der Waals surface area contributed by atoms with Gasteiger partial charge in [0.05, 0.1) is 21.4 Å². The standard InChI is InChI=1S/C17H24N4OS/c1-4-12(11-17(2,3)23(19)22)14-10-15(18)20-21-16(14)13-8-6-5-7-9-13/h5-10,12H,4,11,19H2,1-3H3,(H2,18,20)/t12-,23?/m0/s1. The first-order valence-electron chi connectivity index (χ1n) is 7.70. The molecule has 1 aromatic carbocycles. The Balaban J connectivity index is 2.48. The van der Waals surface area contributed by atoms with Crippen molar-refractivity contribution in [2.45, 2.75) is 44.3 Å². The van der Waals surface area contributed by atoms with Gasteiger partial charge in [-0.25, -0.2) is 4.21 Å². The smallest absolute Gasteiger partial charge is 0.146 e. The average Bonchev–Trinajstić information content (AvgIpc) is 2.53. The normalized spacial score (nSPS) is 14.4. The predicted octanol–water partition coefficient (Wildman–Crippen LogP) is 3.01. The largest absolute Gasteiger partial charge is 0.382 e. The van der Waals surface area contributed by atoms with Gasteiger partial charge in [0.25, 0.3) is 0 Å². The first kappa shape index (κ1) is 17.6. The van der Waals surface area contributed by atoms with Gasteiger partial charge >= 0.3 is 0 Å². The summed E-state index contributed by atoms with van der Waals surface area (Å²) in [6.07, 6.45) is 1.57. The second-order valence-corrected chi connectivity index (χ2v) is 8.01. The van der Waals surface area contributed by atoms with Gasteiger partial charge in [-0.15, -0.1) is 10.2 Å². The molecule has 1 unspecified atom stereocenters. The van der Waals surface area contributed by atoms with Crippen molar-refractivity contribution in [3.63, 3.8) is 0 Å². The minimum atomic E-state index is -1.40. The van der Waals surface area contributed by atoms with Gasteiger partial charge in [0.15, 0.2) is 0 Å². The Morgan fingerprint density at radius 2 is 1.87 bits per heavy atom. The van der Waals surface area contributed by atoms with Crippen molar-refractivity contribution >= 4 is 16.8 Å². The third kappa shape index (κ3) is 4.14. The molecule has 4 N–H and O–H groups in total. The van der Waals surface area contributed by atoms with Crippen molar-refractivity contribution in [1.82, 2.24) is 10.2 Å². The molecule has 0 saturated heterocycles. The van der Waals surface area contributed by atoms with Crippen LogP contribution in [0.4, 0.5) is 5.82 Å². The summed E-state index contributed by atoms with van der Waals surface area (Å²) in [5.74, 6) is 0.551. The van der Waals surface area contributed by atoms with Crippen LogP contribution in [-0.4, -0.2) is 19.2 Å². The number of anilines is 1. The minimum Gasteiger partial charge on any atom is -0.382 e. The second-order valence-electron chi connectivity index (χ2n) is 6.31. The molecule has 0 saturated carbocycles. The van der Waals surface area contributed by atoms with Gasteiger partial charge in [0.1, 0.15) is 5.82 Å². The maximum absolute atomic E-state index is 11.8. The van der Waals surface area contributed by atoms with Gasteiger partial charge in [-0.1, -0.05) is 37.3 Å². The number of nitrogens with zero attached hydrogens (tertiary/aromatic N) is 2. The van der Waals surface area contributed by atoms with Gasteiger partial charge in [0, 0.05) is 5.56 Å². The van der Waals surface area contributed by atoms with E-state index in [1.807, 2.05) is 50.2 Å². The van der Waals surface area contributed by atoms with Crippen molar-refractivity contribution in [3.05, 3.63) is 42.0 Å². The maximum Gasteiger partial charge on any atom is 0.146 e. The van der Waals surface area contributed by atoms with Gasteiger partial charge in [-0.2, -0.15) is 0 Å². The first-order valence-corrected chi connectivity index (χ1v) is 8.91. The van der Waals surface area contributed by atoms with Crippen molar-refractivity contribution in [1.29, 1.82) is 0 Å². The van der Waals surface area contributed by atoms with E-state index in [4.69, 9.17) is 10.9 Å². The van der Waals surface area contributed by atoms with Crippen LogP contribution in [0.5, 0.6) is 0 Å². The SMILES string of the molecule is CC[C@@H](CC(C)(C)S(N)=O)c1cc(N)nnc1-c1ccccc1. The Bertz CT molecular complexity index is 688. The Hall–Kier alpha value is -1.79. The van der Waals surface area contributed by atoms with E-state index < -0.39 is 15.7 Å². The lowest BCUT2D eigenvalue weighted by molar-refractivity contribution is 0.507. The second kappa shape index (κ2) is 7.19. The third-order valence-corrected chi connectivity index (χ3v) is 5.36. The molecule has 1 aromatic heterocycles. The van der Waals surface area contributed by atoms with Crippen LogP contribution in [0, 0.1) is 0 Å². The molecule has 2 rings (SSSR count). The summed E-state index contributed by atoms with van der Waals surface area (Å²) in [7, 11) is -1.40. The van der Waals surface area contributed by atoms with E-state index in [1.54, 1.807) is 0 Å². The fourth-order valence-electron chi connectivity index (χ4n) is 2.70. The van der Waals surface area contributed by atoms with E-state index in [-0.39, 0.29) is 5.92 Å². The van der Waals surface area contributed by atoms with Crippen LogP contribution in [0.2, 0.25) is 0 Å². The number of nitrogens with two attached hydrogens (primary N) is 2. The lowest BCUT2D eigenvalue weighted by Gasteiger charge is -2.28. The van der Waals surface area contributed by atoms with Crippen molar-refractivity contribution in [3.8, 4) is 11.3 Å². The zero-order valence-corrected chi connectivity index (χ0v) is 14.6. The molecule has 0 fully saturated rings. The molecule has 6 heteroatoms. The number of aromatic nitrogens is 2. The van der Waals surface area contributed by atoms with Gasteiger partial charge in [0.2, 0.25) is 0 Å².